The molecule has 1 saturated heterocycles. The Morgan fingerprint density at radius 3 is 2.35 bits per heavy atom. The first-order chi connectivity index (χ1) is 16.1. The fourth-order valence-electron chi connectivity index (χ4n) is 4.10. The first kappa shape index (κ1) is 26.2. The summed E-state index contributed by atoms with van der Waals surface area (Å²) < 4.78 is 0. The van der Waals surface area contributed by atoms with E-state index in [0.717, 1.165) is 31.5 Å². The number of nitrogens with one attached hydrogen (secondary N) is 1. The topological polar surface area (TPSA) is 81.7 Å². The van der Waals surface area contributed by atoms with Crippen molar-refractivity contribution in [1.82, 2.24) is 25.1 Å². The molecule has 10 heteroatoms. The van der Waals surface area contributed by atoms with Crippen LogP contribution in [0.4, 0.5) is 10.7 Å². The van der Waals surface area contributed by atoms with Gasteiger partial charge in [-0.15, -0.1) is 0 Å². The SMILES string of the molecule is CC(=O)CN(C)c1ncc(-c2ccc(C(C)NC(=O)N(C)C3CCN(C)CC3)c(Cl)c2Cl)cn1. The van der Waals surface area contributed by atoms with Crippen molar-refractivity contribution in [2.45, 2.75) is 38.8 Å². The number of likely N-dealkylation sites (tertiary alicyclic amines) is 1. The minimum absolute atomic E-state index is 0.0272. The third-order valence-electron chi connectivity index (χ3n) is 6.23. The number of carbonyl (C=O) groups excluding carboxylic acids is 2. The fraction of sp³-hybridized carbons (Fsp3) is 0.500. The number of Topliss-reactive ketones (excluding diaryl/α,β-unsaturated/α-hetero) is 1. The molecule has 2 amide bonds. The van der Waals surface area contributed by atoms with Crippen LogP contribution in [0.5, 0.6) is 0 Å². The Bertz CT molecular complexity index is 1020. The molecule has 1 fully saturated rings. The molecule has 1 N–H and O–H groups in total. The molecule has 1 aliphatic rings. The lowest BCUT2D eigenvalue weighted by molar-refractivity contribution is -0.115. The summed E-state index contributed by atoms with van der Waals surface area (Å²) in [7, 11) is 5.70. The lowest BCUT2D eigenvalue weighted by atomic mass is 10.0. The number of ketones is 1. The van der Waals surface area contributed by atoms with Crippen LogP contribution >= 0.6 is 23.2 Å². The van der Waals surface area contributed by atoms with E-state index < -0.39 is 0 Å². The van der Waals surface area contributed by atoms with Crippen molar-refractivity contribution in [3.63, 3.8) is 0 Å². The number of hydrogen-bond donors (Lipinski definition) is 1. The van der Waals surface area contributed by atoms with Crippen molar-refractivity contribution >= 4 is 41.0 Å². The molecule has 2 heterocycles. The van der Waals surface area contributed by atoms with Gasteiger partial charge in [0.25, 0.3) is 0 Å². The van der Waals surface area contributed by atoms with Crippen LogP contribution in [0.2, 0.25) is 10.0 Å². The highest BCUT2D eigenvalue weighted by molar-refractivity contribution is 6.44. The quantitative estimate of drug-likeness (QED) is 0.603. The molecule has 34 heavy (non-hydrogen) atoms. The summed E-state index contributed by atoms with van der Waals surface area (Å²) >= 11 is 13.2. The normalized spacial score (nSPS) is 15.6. The number of nitrogens with zero attached hydrogens (tertiary/aromatic N) is 5. The number of halogens is 2. The highest BCUT2D eigenvalue weighted by atomic mass is 35.5. The third kappa shape index (κ3) is 6.17. The number of piperidine rings is 1. The largest absolute Gasteiger partial charge is 0.337 e. The second-order valence-electron chi connectivity index (χ2n) is 8.98. The predicted molar refractivity (Wildman–Crippen MR) is 137 cm³/mol. The minimum atomic E-state index is -0.320. The molecule has 184 valence electrons. The summed E-state index contributed by atoms with van der Waals surface area (Å²) in [6.45, 7) is 5.61. The van der Waals surface area contributed by atoms with E-state index in [1.165, 1.54) is 6.92 Å². The minimum Gasteiger partial charge on any atom is -0.337 e. The number of aromatic nitrogens is 2. The highest BCUT2D eigenvalue weighted by Gasteiger charge is 2.26. The van der Waals surface area contributed by atoms with Crippen molar-refractivity contribution in [3.05, 3.63) is 40.1 Å². The van der Waals surface area contributed by atoms with E-state index in [0.29, 0.717) is 27.1 Å². The molecule has 8 nitrogen and oxygen atoms in total. The summed E-state index contributed by atoms with van der Waals surface area (Å²) in [6, 6.07) is 3.49. The lowest BCUT2D eigenvalue weighted by Crippen LogP contribution is -2.48. The van der Waals surface area contributed by atoms with Crippen molar-refractivity contribution in [2.24, 2.45) is 0 Å². The van der Waals surface area contributed by atoms with Crippen LogP contribution in [0, 0.1) is 0 Å². The Hall–Kier alpha value is -2.42. The summed E-state index contributed by atoms with van der Waals surface area (Å²) in [5, 5.41) is 3.79. The van der Waals surface area contributed by atoms with Crippen molar-refractivity contribution < 1.29 is 9.59 Å². The van der Waals surface area contributed by atoms with Crippen LogP contribution in [0.1, 0.15) is 38.3 Å². The maximum absolute atomic E-state index is 12.8. The zero-order valence-corrected chi connectivity index (χ0v) is 21.8. The van der Waals surface area contributed by atoms with E-state index in [-0.39, 0.29) is 30.4 Å². The maximum atomic E-state index is 12.8. The van der Waals surface area contributed by atoms with Crippen LogP contribution in [-0.4, -0.2) is 78.4 Å². The van der Waals surface area contributed by atoms with Crippen molar-refractivity contribution in [2.75, 3.05) is 45.7 Å². The van der Waals surface area contributed by atoms with Gasteiger partial charge in [-0.1, -0.05) is 35.3 Å². The van der Waals surface area contributed by atoms with Gasteiger partial charge in [-0.25, -0.2) is 14.8 Å². The van der Waals surface area contributed by atoms with Crippen molar-refractivity contribution in [3.8, 4) is 11.1 Å². The monoisotopic (exact) mass is 506 g/mol. The Balaban J connectivity index is 1.71. The van der Waals surface area contributed by atoms with Gasteiger partial charge in [0, 0.05) is 43.7 Å². The zero-order chi connectivity index (χ0) is 25.0. The molecule has 1 unspecified atom stereocenters. The second-order valence-corrected chi connectivity index (χ2v) is 9.73. The fourth-order valence-corrected chi connectivity index (χ4v) is 4.71. The molecule has 1 aliphatic heterocycles. The molecule has 3 rings (SSSR count). The smallest absolute Gasteiger partial charge is 0.317 e. The van der Waals surface area contributed by atoms with Crippen LogP contribution in [0.3, 0.4) is 0 Å². The number of likely N-dealkylation sites (N-methyl/N-ethyl adjacent to an activating group) is 1. The predicted octanol–water partition coefficient (Wildman–Crippen LogP) is 4.27. The van der Waals surface area contributed by atoms with Gasteiger partial charge in [0.2, 0.25) is 5.95 Å². The Morgan fingerprint density at radius 1 is 1.15 bits per heavy atom. The van der Waals surface area contributed by atoms with Gasteiger partial charge in [-0.2, -0.15) is 0 Å². The average Bonchev–Trinajstić information content (AvgIpc) is 2.80. The van der Waals surface area contributed by atoms with Crippen LogP contribution in [0.15, 0.2) is 24.5 Å². The Kier molecular flexibility index (Phi) is 8.73. The first-order valence-electron chi connectivity index (χ1n) is 11.3. The summed E-state index contributed by atoms with van der Waals surface area (Å²) in [6.07, 6.45) is 5.22. The van der Waals surface area contributed by atoms with E-state index in [9.17, 15) is 9.59 Å². The summed E-state index contributed by atoms with van der Waals surface area (Å²) in [5.41, 5.74) is 2.13. The van der Waals surface area contributed by atoms with Crippen LogP contribution in [-0.2, 0) is 4.79 Å². The standard InChI is InChI=1S/C24H32Cl2N6O2/c1-15(33)14-31(4)23-27-12-17(13-28-23)20-7-6-19(21(25)22(20)26)16(2)29-24(34)32(5)18-8-10-30(3)11-9-18/h6-7,12-13,16,18H,8-11,14H2,1-5H3,(H,29,34). The van der Waals surface area contributed by atoms with Crippen molar-refractivity contribution in [1.29, 1.82) is 0 Å². The molecule has 1 aromatic carbocycles. The zero-order valence-electron chi connectivity index (χ0n) is 20.3. The van der Waals surface area contributed by atoms with Crippen LogP contribution < -0.4 is 10.2 Å². The number of hydrogen-bond acceptors (Lipinski definition) is 6. The van der Waals surface area contributed by atoms with Crippen LogP contribution in [0.25, 0.3) is 11.1 Å². The molecule has 2 aromatic rings. The molecule has 0 spiro atoms. The van der Waals surface area contributed by atoms with E-state index in [4.69, 9.17) is 23.2 Å². The van der Waals surface area contributed by atoms with Gasteiger partial charge < -0.3 is 20.0 Å². The third-order valence-corrected chi connectivity index (χ3v) is 7.12. The van der Waals surface area contributed by atoms with Gasteiger partial charge in [0.05, 0.1) is 22.6 Å². The number of benzene rings is 1. The van der Waals surface area contributed by atoms with Gasteiger partial charge >= 0.3 is 6.03 Å². The number of carbonyl (C=O) groups is 2. The second kappa shape index (κ2) is 11.3. The maximum Gasteiger partial charge on any atom is 0.317 e. The van der Waals surface area contributed by atoms with E-state index in [1.807, 2.05) is 26.1 Å². The first-order valence-corrected chi connectivity index (χ1v) is 12.1. The Labute approximate surface area is 211 Å². The van der Waals surface area contributed by atoms with Gasteiger partial charge in [0.1, 0.15) is 5.78 Å². The molecule has 0 radical (unpaired) electrons. The van der Waals surface area contributed by atoms with Gasteiger partial charge in [0.15, 0.2) is 0 Å². The summed E-state index contributed by atoms with van der Waals surface area (Å²) in [5.74, 6) is 0.474. The molecule has 0 bridgehead atoms. The number of anilines is 1. The molecule has 0 aliphatic carbocycles. The number of urea groups is 1. The van der Waals surface area contributed by atoms with Gasteiger partial charge in [-0.05, 0) is 52.4 Å². The van der Waals surface area contributed by atoms with Gasteiger partial charge in [-0.3, -0.25) is 4.79 Å². The molecule has 0 saturated carbocycles. The average molecular weight is 507 g/mol. The van der Waals surface area contributed by atoms with E-state index in [2.05, 4.69) is 27.2 Å². The molecular weight excluding hydrogens is 475 g/mol. The lowest BCUT2D eigenvalue weighted by Gasteiger charge is -2.35. The van der Waals surface area contributed by atoms with E-state index >= 15 is 0 Å². The number of rotatable bonds is 7. The molecule has 1 aromatic heterocycles. The Morgan fingerprint density at radius 2 is 1.76 bits per heavy atom. The highest BCUT2D eigenvalue weighted by Crippen LogP contribution is 2.38. The molecule has 1 atom stereocenters. The number of amides is 2. The van der Waals surface area contributed by atoms with E-state index in [1.54, 1.807) is 29.2 Å². The summed E-state index contributed by atoms with van der Waals surface area (Å²) in [4.78, 5) is 38.6. The molecular formula is C24H32Cl2N6O2.